The van der Waals surface area contributed by atoms with E-state index in [2.05, 4.69) is 4.98 Å². The lowest BCUT2D eigenvalue weighted by molar-refractivity contribution is 0.406. The molecule has 2 heterocycles. The van der Waals surface area contributed by atoms with Gasteiger partial charge in [0.1, 0.15) is 10.6 Å². The summed E-state index contributed by atoms with van der Waals surface area (Å²) < 4.78 is 56.4. The first-order valence-electron chi connectivity index (χ1n) is 11.0. The van der Waals surface area contributed by atoms with Crippen LogP contribution < -0.4 is 9.80 Å². The molecule has 0 atom stereocenters. The van der Waals surface area contributed by atoms with Gasteiger partial charge in [0.15, 0.2) is 21.5 Å². The van der Waals surface area contributed by atoms with Crippen LogP contribution in [0.3, 0.4) is 0 Å². The second kappa shape index (κ2) is 9.58. The first kappa shape index (κ1) is 22.2. The Hall–Kier alpha value is -1.44. The van der Waals surface area contributed by atoms with E-state index in [9.17, 15) is 8.42 Å². The smallest absolute Gasteiger partial charge is 0.239 e. The Labute approximate surface area is 173 Å². The van der Waals surface area contributed by atoms with E-state index in [1.165, 1.54) is 0 Å². The Morgan fingerprint density at radius 1 is 1.07 bits per heavy atom. The summed E-state index contributed by atoms with van der Waals surface area (Å²) in [5.74, 6) is -2.07. The molecule has 1 aliphatic heterocycles. The summed E-state index contributed by atoms with van der Waals surface area (Å²) in [5, 5.41) is 0. The third-order valence-corrected chi connectivity index (χ3v) is 7.80. The van der Waals surface area contributed by atoms with Gasteiger partial charge in [-0.15, -0.1) is 0 Å². The Morgan fingerprint density at radius 3 is 2.28 bits per heavy atom. The molecule has 1 aromatic heterocycles. The normalized spacial score (nSPS) is 19.2. The maximum atomic E-state index is 15.6. The summed E-state index contributed by atoms with van der Waals surface area (Å²) in [7, 11) is -3.89. The highest BCUT2D eigenvalue weighted by atomic mass is 32.2. The maximum Gasteiger partial charge on any atom is 0.239 e. The van der Waals surface area contributed by atoms with Crippen LogP contribution in [0.4, 0.5) is 20.3 Å². The molecule has 3 rings (SSSR count). The van der Waals surface area contributed by atoms with Gasteiger partial charge >= 0.3 is 0 Å². The number of nitrogens with zero attached hydrogens (tertiary/aromatic N) is 3. The Balaban J connectivity index is 2.07. The van der Waals surface area contributed by atoms with Gasteiger partial charge < -0.3 is 9.80 Å². The largest absolute Gasteiger partial charge is 0.363 e. The van der Waals surface area contributed by atoms with Crippen molar-refractivity contribution in [2.75, 3.05) is 35.2 Å². The minimum Gasteiger partial charge on any atom is -0.363 e. The zero-order chi connectivity index (χ0) is 21.0. The molecule has 0 unspecified atom stereocenters. The van der Waals surface area contributed by atoms with Gasteiger partial charge in [-0.1, -0.05) is 46.0 Å². The zero-order valence-corrected chi connectivity index (χ0v) is 18.4. The third-order valence-electron chi connectivity index (χ3n) is 6.09. The number of rotatable bonds is 8. The molecule has 1 fully saturated rings. The van der Waals surface area contributed by atoms with Crippen molar-refractivity contribution >= 4 is 21.3 Å². The molecule has 1 aliphatic carbocycles. The van der Waals surface area contributed by atoms with Gasteiger partial charge in [0.05, 0.1) is 5.75 Å². The molecule has 0 amide bonds. The van der Waals surface area contributed by atoms with Crippen LogP contribution in [0, 0.1) is 11.8 Å². The van der Waals surface area contributed by atoms with E-state index in [0.29, 0.717) is 13.1 Å². The van der Waals surface area contributed by atoms with Gasteiger partial charge in [0, 0.05) is 25.7 Å². The van der Waals surface area contributed by atoms with Crippen molar-refractivity contribution in [2.45, 2.75) is 82.6 Å². The number of unbranched alkanes of at least 4 members (excludes halogenated alkanes) is 2. The molecule has 29 heavy (non-hydrogen) atoms. The van der Waals surface area contributed by atoms with Crippen LogP contribution in [0.2, 0.25) is 0 Å². The lowest BCUT2D eigenvalue weighted by Crippen LogP contribution is -2.45. The Kier molecular flexibility index (Phi) is 7.35. The molecule has 2 aliphatic rings. The molecular formula is C21H33F2N3O2S. The van der Waals surface area contributed by atoms with Crippen LogP contribution in [0.5, 0.6) is 0 Å². The molecule has 0 bridgehead atoms. The standard InChI is InChI=1S/C21H33F2N3O2S/c1-3-5-12-25(13-6-4-2)21-17(22)19-18(20(23)24-21)26(14-15-29(19,27)28)16-10-8-7-9-11-16/h16H,3-15H2,1-2H3. The second-order valence-corrected chi connectivity index (χ2v) is 10.3. The fourth-order valence-corrected chi connectivity index (χ4v) is 5.95. The number of hydrogen-bond acceptors (Lipinski definition) is 5. The average Bonchev–Trinajstić information content (AvgIpc) is 2.71. The molecule has 0 N–H and O–H groups in total. The van der Waals surface area contributed by atoms with Crippen LogP contribution in [0.15, 0.2) is 4.90 Å². The molecule has 8 heteroatoms. The summed E-state index contributed by atoms with van der Waals surface area (Å²) in [4.78, 5) is 6.98. The van der Waals surface area contributed by atoms with E-state index in [-0.39, 0.29) is 29.8 Å². The van der Waals surface area contributed by atoms with E-state index in [1.54, 1.807) is 9.80 Å². The molecule has 1 aromatic rings. The number of aromatic nitrogens is 1. The number of sulfone groups is 1. The highest BCUT2D eigenvalue weighted by molar-refractivity contribution is 7.91. The van der Waals surface area contributed by atoms with Crippen molar-refractivity contribution in [3.63, 3.8) is 0 Å². The monoisotopic (exact) mass is 429 g/mol. The number of fused-ring (bicyclic) bond motifs is 1. The number of pyridine rings is 1. The van der Waals surface area contributed by atoms with Crippen molar-refractivity contribution in [1.29, 1.82) is 0 Å². The summed E-state index contributed by atoms with van der Waals surface area (Å²) in [6.45, 7) is 5.33. The van der Waals surface area contributed by atoms with Gasteiger partial charge in [0.25, 0.3) is 0 Å². The molecule has 164 valence electrons. The molecule has 0 spiro atoms. The molecular weight excluding hydrogens is 396 g/mol. The summed E-state index contributed by atoms with van der Waals surface area (Å²) in [6, 6.07) is 0.0517. The first-order chi connectivity index (χ1) is 13.9. The highest BCUT2D eigenvalue weighted by Crippen LogP contribution is 2.41. The van der Waals surface area contributed by atoms with Gasteiger partial charge in [0.2, 0.25) is 5.95 Å². The summed E-state index contributed by atoms with van der Waals surface area (Å²) in [6.07, 6.45) is 8.38. The highest BCUT2D eigenvalue weighted by Gasteiger charge is 2.40. The van der Waals surface area contributed by atoms with Gasteiger partial charge in [-0.3, -0.25) is 0 Å². The lowest BCUT2D eigenvalue weighted by Gasteiger charge is -2.39. The minimum absolute atomic E-state index is 0.0517. The number of halogens is 2. The lowest BCUT2D eigenvalue weighted by atomic mass is 9.94. The second-order valence-electron chi connectivity index (χ2n) is 8.22. The summed E-state index contributed by atoms with van der Waals surface area (Å²) in [5.41, 5.74) is -0.143. The van der Waals surface area contributed by atoms with Crippen molar-refractivity contribution in [2.24, 2.45) is 0 Å². The van der Waals surface area contributed by atoms with E-state index >= 15 is 8.78 Å². The van der Waals surface area contributed by atoms with E-state index in [1.807, 2.05) is 13.8 Å². The Bertz CT molecular complexity index is 803. The van der Waals surface area contributed by atoms with Crippen molar-refractivity contribution in [3.05, 3.63) is 11.8 Å². The van der Waals surface area contributed by atoms with Crippen LogP contribution in [-0.4, -0.2) is 44.8 Å². The van der Waals surface area contributed by atoms with E-state index in [0.717, 1.165) is 57.8 Å². The van der Waals surface area contributed by atoms with Crippen LogP contribution in [0.25, 0.3) is 0 Å². The Morgan fingerprint density at radius 2 is 1.69 bits per heavy atom. The maximum absolute atomic E-state index is 15.6. The molecule has 1 saturated carbocycles. The molecule has 0 saturated heterocycles. The first-order valence-corrected chi connectivity index (χ1v) is 12.7. The predicted molar refractivity (Wildman–Crippen MR) is 112 cm³/mol. The number of hydrogen-bond donors (Lipinski definition) is 0. The van der Waals surface area contributed by atoms with Gasteiger partial charge in [-0.05, 0) is 25.7 Å². The van der Waals surface area contributed by atoms with Crippen molar-refractivity contribution in [1.82, 2.24) is 4.98 Å². The van der Waals surface area contributed by atoms with Gasteiger partial charge in [-0.25, -0.2) is 12.8 Å². The minimum atomic E-state index is -3.89. The fraction of sp³-hybridized carbons (Fsp3) is 0.762. The predicted octanol–water partition coefficient (Wildman–Crippen LogP) is 4.69. The molecule has 0 radical (unpaired) electrons. The zero-order valence-electron chi connectivity index (χ0n) is 17.6. The van der Waals surface area contributed by atoms with Crippen LogP contribution >= 0.6 is 0 Å². The van der Waals surface area contributed by atoms with Crippen LogP contribution in [0.1, 0.15) is 71.6 Å². The van der Waals surface area contributed by atoms with Crippen LogP contribution in [-0.2, 0) is 9.84 Å². The van der Waals surface area contributed by atoms with E-state index < -0.39 is 26.5 Å². The average molecular weight is 430 g/mol. The van der Waals surface area contributed by atoms with Crippen molar-refractivity contribution < 1.29 is 17.2 Å². The third kappa shape index (κ3) is 4.67. The summed E-state index contributed by atoms with van der Waals surface area (Å²) >= 11 is 0. The quantitative estimate of drug-likeness (QED) is 0.561. The van der Waals surface area contributed by atoms with Gasteiger partial charge in [-0.2, -0.15) is 9.37 Å². The van der Waals surface area contributed by atoms with E-state index in [4.69, 9.17) is 0 Å². The SMILES string of the molecule is CCCCN(CCCC)c1nc(F)c2c(c1F)S(=O)(=O)CCN2C1CCCCC1. The number of anilines is 2. The molecule has 5 nitrogen and oxygen atoms in total. The fourth-order valence-electron chi connectivity index (χ4n) is 4.45. The molecule has 0 aromatic carbocycles. The van der Waals surface area contributed by atoms with Crippen molar-refractivity contribution in [3.8, 4) is 0 Å². The topological polar surface area (TPSA) is 53.5 Å².